The predicted octanol–water partition coefficient (Wildman–Crippen LogP) is 3.50. The molecule has 0 saturated heterocycles. The molecule has 0 aliphatic carbocycles. The molecule has 0 aliphatic rings. The number of nitriles is 1. The Morgan fingerprint density at radius 2 is 2.04 bits per heavy atom. The second kappa shape index (κ2) is 7.28. The standard InChI is InChI=1S/C18H17ClN2O2/c1-18(23-2,15-7-4-8-16(19)10-15)12-21-17(22)14-6-3-5-13(9-14)11-20/h3-10H,12H2,1-2H3,(H,21,22)/t18-/m0/s1. The van der Waals surface area contributed by atoms with Crippen LogP contribution in [0, 0.1) is 11.3 Å². The zero-order valence-corrected chi connectivity index (χ0v) is 13.7. The smallest absolute Gasteiger partial charge is 0.251 e. The van der Waals surface area contributed by atoms with E-state index in [0.717, 1.165) is 5.56 Å². The molecule has 118 valence electrons. The van der Waals surface area contributed by atoms with E-state index in [2.05, 4.69) is 5.32 Å². The monoisotopic (exact) mass is 328 g/mol. The number of hydrogen-bond acceptors (Lipinski definition) is 3. The molecule has 1 N–H and O–H groups in total. The quantitative estimate of drug-likeness (QED) is 0.913. The summed E-state index contributed by atoms with van der Waals surface area (Å²) in [7, 11) is 1.59. The highest BCUT2D eigenvalue weighted by molar-refractivity contribution is 6.30. The van der Waals surface area contributed by atoms with Crippen LogP contribution < -0.4 is 5.32 Å². The van der Waals surface area contributed by atoms with E-state index in [-0.39, 0.29) is 12.5 Å². The average molecular weight is 329 g/mol. The van der Waals surface area contributed by atoms with Crippen LogP contribution >= 0.6 is 11.6 Å². The van der Waals surface area contributed by atoms with Gasteiger partial charge in [-0.05, 0) is 42.8 Å². The van der Waals surface area contributed by atoms with E-state index >= 15 is 0 Å². The van der Waals surface area contributed by atoms with Gasteiger partial charge in [0.1, 0.15) is 5.60 Å². The molecule has 2 aromatic rings. The minimum atomic E-state index is -0.701. The fourth-order valence-corrected chi connectivity index (χ4v) is 2.38. The first-order chi connectivity index (χ1) is 11.0. The lowest BCUT2D eigenvalue weighted by Crippen LogP contribution is -2.40. The Kier molecular flexibility index (Phi) is 5.38. The van der Waals surface area contributed by atoms with Gasteiger partial charge in [0.05, 0.1) is 18.2 Å². The number of rotatable bonds is 5. The molecule has 0 unspecified atom stereocenters. The Hall–Kier alpha value is -2.35. The number of carbonyl (C=O) groups excluding carboxylic acids is 1. The molecular weight excluding hydrogens is 312 g/mol. The number of amides is 1. The van der Waals surface area contributed by atoms with Crippen molar-refractivity contribution in [3.8, 4) is 6.07 Å². The van der Waals surface area contributed by atoms with Crippen molar-refractivity contribution in [1.82, 2.24) is 5.32 Å². The van der Waals surface area contributed by atoms with Crippen molar-refractivity contribution in [1.29, 1.82) is 5.26 Å². The Labute approximate surface area is 140 Å². The van der Waals surface area contributed by atoms with Gasteiger partial charge in [0.25, 0.3) is 5.91 Å². The van der Waals surface area contributed by atoms with Gasteiger partial charge in [-0.2, -0.15) is 5.26 Å². The topological polar surface area (TPSA) is 62.1 Å². The van der Waals surface area contributed by atoms with E-state index in [0.29, 0.717) is 16.1 Å². The minimum Gasteiger partial charge on any atom is -0.372 e. The summed E-state index contributed by atoms with van der Waals surface area (Å²) in [6.07, 6.45) is 0. The van der Waals surface area contributed by atoms with E-state index in [1.165, 1.54) is 0 Å². The lowest BCUT2D eigenvalue weighted by atomic mass is 9.95. The fourth-order valence-electron chi connectivity index (χ4n) is 2.19. The normalized spacial score (nSPS) is 13.0. The average Bonchev–Trinajstić information content (AvgIpc) is 2.59. The van der Waals surface area contributed by atoms with Crippen molar-refractivity contribution in [2.75, 3.05) is 13.7 Å². The Bertz CT molecular complexity index is 755. The summed E-state index contributed by atoms with van der Waals surface area (Å²) in [6, 6.07) is 15.9. The zero-order valence-electron chi connectivity index (χ0n) is 13.0. The van der Waals surface area contributed by atoms with Crippen LogP contribution in [0.25, 0.3) is 0 Å². The summed E-state index contributed by atoms with van der Waals surface area (Å²) in [6.45, 7) is 2.16. The number of methoxy groups -OCH3 is 1. The molecule has 5 heteroatoms. The van der Waals surface area contributed by atoms with Crippen molar-refractivity contribution in [3.63, 3.8) is 0 Å². The maximum Gasteiger partial charge on any atom is 0.251 e. The molecule has 4 nitrogen and oxygen atoms in total. The van der Waals surface area contributed by atoms with Crippen LogP contribution in [-0.4, -0.2) is 19.6 Å². The van der Waals surface area contributed by atoms with Crippen LogP contribution in [0.3, 0.4) is 0 Å². The van der Waals surface area contributed by atoms with Gasteiger partial charge in [-0.15, -0.1) is 0 Å². The summed E-state index contributed by atoms with van der Waals surface area (Å²) in [5.41, 5.74) is 1.06. The first-order valence-electron chi connectivity index (χ1n) is 7.08. The van der Waals surface area contributed by atoms with Crippen LogP contribution in [-0.2, 0) is 10.3 Å². The molecule has 1 amide bonds. The molecule has 0 spiro atoms. The highest BCUT2D eigenvalue weighted by atomic mass is 35.5. The van der Waals surface area contributed by atoms with E-state index in [1.807, 2.05) is 31.2 Å². The van der Waals surface area contributed by atoms with Gasteiger partial charge in [-0.1, -0.05) is 29.8 Å². The third-order valence-electron chi connectivity index (χ3n) is 3.73. The van der Waals surface area contributed by atoms with Gasteiger partial charge in [0.2, 0.25) is 0 Å². The van der Waals surface area contributed by atoms with Crippen LogP contribution in [0.1, 0.15) is 28.4 Å². The van der Waals surface area contributed by atoms with Crippen LogP contribution in [0.2, 0.25) is 5.02 Å². The number of carbonyl (C=O) groups is 1. The number of nitrogens with zero attached hydrogens (tertiary/aromatic N) is 1. The Balaban J connectivity index is 2.13. The van der Waals surface area contributed by atoms with E-state index in [9.17, 15) is 4.79 Å². The summed E-state index contributed by atoms with van der Waals surface area (Å²) >= 11 is 6.03. The maximum atomic E-state index is 12.3. The lowest BCUT2D eigenvalue weighted by Gasteiger charge is -2.29. The Morgan fingerprint density at radius 1 is 1.30 bits per heavy atom. The summed E-state index contributed by atoms with van der Waals surface area (Å²) in [5.74, 6) is -0.257. The number of hydrogen-bond donors (Lipinski definition) is 1. The third kappa shape index (κ3) is 4.10. The maximum absolute atomic E-state index is 12.3. The molecule has 0 radical (unpaired) electrons. The molecule has 0 bridgehead atoms. The summed E-state index contributed by atoms with van der Waals surface area (Å²) in [4.78, 5) is 12.3. The number of halogens is 1. The summed E-state index contributed by atoms with van der Waals surface area (Å²) in [5, 5.41) is 12.4. The minimum absolute atomic E-state index is 0.257. The molecule has 2 aromatic carbocycles. The molecule has 23 heavy (non-hydrogen) atoms. The van der Waals surface area contributed by atoms with Crippen molar-refractivity contribution in [3.05, 3.63) is 70.2 Å². The number of ether oxygens (including phenoxy) is 1. The van der Waals surface area contributed by atoms with Crippen molar-refractivity contribution in [2.24, 2.45) is 0 Å². The second-order valence-electron chi connectivity index (χ2n) is 5.32. The van der Waals surface area contributed by atoms with Gasteiger partial charge in [-0.3, -0.25) is 4.79 Å². The molecule has 0 aromatic heterocycles. The zero-order chi connectivity index (χ0) is 16.9. The van der Waals surface area contributed by atoms with Crippen molar-refractivity contribution < 1.29 is 9.53 Å². The van der Waals surface area contributed by atoms with Crippen LogP contribution in [0.5, 0.6) is 0 Å². The molecule has 0 aliphatic heterocycles. The van der Waals surface area contributed by atoms with E-state index in [1.54, 1.807) is 37.4 Å². The van der Waals surface area contributed by atoms with E-state index in [4.69, 9.17) is 21.6 Å². The molecule has 1 atom stereocenters. The predicted molar refractivity (Wildman–Crippen MR) is 89.3 cm³/mol. The number of benzene rings is 2. The molecular formula is C18H17ClN2O2. The first kappa shape index (κ1) is 17.0. The first-order valence-corrected chi connectivity index (χ1v) is 7.46. The van der Waals surface area contributed by atoms with Crippen LogP contribution in [0.15, 0.2) is 48.5 Å². The van der Waals surface area contributed by atoms with Gasteiger partial charge < -0.3 is 10.1 Å². The van der Waals surface area contributed by atoms with Gasteiger partial charge in [0.15, 0.2) is 0 Å². The second-order valence-corrected chi connectivity index (χ2v) is 5.76. The van der Waals surface area contributed by atoms with Gasteiger partial charge >= 0.3 is 0 Å². The highest BCUT2D eigenvalue weighted by Crippen LogP contribution is 2.26. The third-order valence-corrected chi connectivity index (χ3v) is 3.96. The molecule has 0 saturated carbocycles. The molecule has 0 heterocycles. The molecule has 2 rings (SSSR count). The fraction of sp³-hybridized carbons (Fsp3) is 0.222. The number of nitrogens with one attached hydrogen (secondary N) is 1. The van der Waals surface area contributed by atoms with E-state index < -0.39 is 5.60 Å². The largest absolute Gasteiger partial charge is 0.372 e. The van der Waals surface area contributed by atoms with Crippen LogP contribution in [0.4, 0.5) is 0 Å². The SMILES string of the molecule is CO[C@@](C)(CNC(=O)c1cccc(C#N)c1)c1cccc(Cl)c1. The van der Waals surface area contributed by atoms with Gasteiger partial charge in [-0.25, -0.2) is 0 Å². The van der Waals surface area contributed by atoms with Crippen molar-refractivity contribution >= 4 is 17.5 Å². The van der Waals surface area contributed by atoms with Crippen molar-refractivity contribution in [2.45, 2.75) is 12.5 Å². The van der Waals surface area contributed by atoms with Gasteiger partial charge in [0, 0.05) is 17.7 Å². The summed E-state index contributed by atoms with van der Waals surface area (Å²) < 4.78 is 5.58. The Morgan fingerprint density at radius 3 is 2.70 bits per heavy atom. The molecule has 0 fully saturated rings. The highest BCUT2D eigenvalue weighted by Gasteiger charge is 2.27. The lowest BCUT2D eigenvalue weighted by molar-refractivity contribution is 0.00315.